The van der Waals surface area contributed by atoms with Gasteiger partial charge in [0.15, 0.2) is 0 Å². The zero-order chi connectivity index (χ0) is 10.6. The lowest BCUT2D eigenvalue weighted by Gasteiger charge is -2.11. The van der Waals surface area contributed by atoms with Gasteiger partial charge < -0.3 is 5.32 Å². The molecule has 1 radical (unpaired) electrons. The van der Waals surface area contributed by atoms with Crippen molar-refractivity contribution in [3.05, 3.63) is 18.6 Å². The first-order valence-electron chi connectivity index (χ1n) is 4.24. The molecule has 75 valence electrons. The van der Waals surface area contributed by atoms with Gasteiger partial charge >= 0.3 is 6.03 Å². The molecule has 0 aliphatic carbocycles. The number of rotatable bonds is 1. The average molecular weight is 194 g/mol. The Labute approximate surface area is 82.3 Å². The molecular weight excluding hydrogens is 182 g/mol. The molecular formula is C9H12N3O2. The van der Waals surface area contributed by atoms with E-state index in [4.69, 9.17) is 0 Å². The first kappa shape index (κ1) is 10.4. The standard InChI is InChI=1S/C9H12N3O2/c1-3-10-9(14)12-7-4-6(2)5-8(13)11-7/h5H,1,3-4H2,2H3,(H2,10,11,12,13,14). The lowest BCUT2D eigenvalue weighted by atomic mass is 10.1. The normalized spacial score (nSPS) is 15.7. The summed E-state index contributed by atoms with van der Waals surface area (Å²) in [6.45, 7) is 5.57. The van der Waals surface area contributed by atoms with Gasteiger partial charge in [0.25, 0.3) is 5.91 Å². The predicted molar refractivity (Wildman–Crippen MR) is 52.7 cm³/mol. The number of nitrogens with one attached hydrogen (secondary N) is 2. The number of amides is 3. The van der Waals surface area contributed by atoms with Crippen LogP contribution in [0.15, 0.2) is 16.6 Å². The summed E-state index contributed by atoms with van der Waals surface area (Å²) in [7, 11) is 0. The van der Waals surface area contributed by atoms with Gasteiger partial charge in [-0.15, -0.1) is 0 Å². The molecule has 0 aromatic rings. The molecule has 3 amide bonds. The van der Waals surface area contributed by atoms with Gasteiger partial charge in [0.05, 0.1) is 0 Å². The first-order chi connectivity index (χ1) is 6.61. The van der Waals surface area contributed by atoms with Gasteiger partial charge in [-0.1, -0.05) is 5.57 Å². The summed E-state index contributed by atoms with van der Waals surface area (Å²) < 4.78 is 0. The molecule has 0 saturated heterocycles. The number of hydrogen-bond donors (Lipinski definition) is 2. The lowest BCUT2D eigenvalue weighted by Crippen LogP contribution is -2.40. The SMILES string of the molecule is [CH2]CNC(=O)NC1=NC(=O)C=C(C)C1. The van der Waals surface area contributed by atoms with E-state index in [0.29, 0.717) is 18.8 Å². The summed E-state index contributed by atoms with van der Waals surface area (Å²) in [6, 6.07) is -0.388. The molecule has 0 spiro atoms. The van der Waals surface area contributed by atoms with E-state index in [0.717, 1.165) is 5.57 Å². The Morgan fingerprint density at radius 3 is 3.00 bits per heavy atom. The molecule has 0 bridgehead atoms. The van der Waals surface area contributed by atoms with Crippen molar-refractivity contribution in [1.29, 1.82) is 0 Å². The van der Waals surface area contributed by atoms with Crippen LogP contribution in [0.25, 0.3) is 0 Å². The molecule has 0 unspecified atom stereocenters. The molecule has 0 fully saturated rings. The summed E-state index contributed by atoms with van der Waals surface area (Å²) in [5, 5.41) is 4.93. The second kappa shape index (κ2) is 4.55. The molecule has 1 rings (SSSR count). The average Bonchev–Trinajstić information content (AvgIpc) is 2.01. The van der Waals surface area contributed by atoms with Crippen LogP contribution in [0.4, 0.5) is 4.79 Å². The number of urea groups is 1. The predicted octanol–water partition coefficient (Wildman–Crippen LogP) is 0.395. The van der Waals surface area contributed by atoms with Gasteiger partial charge in [0, 0.05) is 19.0 Å². The van der Waals surface area contributed by atoms with Crippen molar-refractivity contribution in [1.82, 2.24) is 10.6 Å². The number of carbonyl (C=O) groups excluding carboxylic acids is 2. The highest BCUT2D eigenvalue weighted by molar-refractivity contribution is 6.08. The largest absolute Gasteiger partial charge is 0.338 e. The summed E-state index contributed by atoms with van der Waals surface area (Å²) in [6.07, 6.45) is 1.95. The number of hydrogen-bond acceptors (Lipinski definition) is 2. The van der Waals surface area contributed by atoms with Crippen LogP contribution >= 0.6 is 0 Å². The van der Waals surface area contributed by atoms with Crippen LogP contribution in [0.3, 0.4) is 0 Å². The third kappa shape index (κ3) is 3.01. The zero-order valence-electron chi connectivity index (χ0n) is 7.96. The van der Waals surface area contributed by atoms with Crippen LogP contribution < -0.4 is 10.6 Å². The molecule has 1 heterocycles. The van der Waals surface area contributed by atoms with Crippen LogP contribution in [0.2, 0.25) is 0 Å². The Morgan fingerprint density at radius 1 is 1.71 bits per heavy atom. The highest BCUT2D eigenvalue weighted by Gasteiger charge is 2.12. The Morgan fingerprint density at radius 2 is 2.43 bits per heavy atom. The van der Waals surface area contributed by atoms with Crippen molar-refractivity contribution >= 4 is 17.8 Å². The molecule has 1 aliphatic rings. The fraction of sp³-hybridized carbons (Fsp3) is 0.333. The molecule has 2 N–H and O–H groups in total. The Balaban J connectivity index is 2.54. The molecule has 0 saturated carbocycles. The van der Waals surface area contributed by atoms with Crippen molar-refractivity contribution in [3.63, 3.8) is 0 Å². The molecule has 1 aliphatic heterocycles. The van der Waals surface area contributed by atoms with Crippen LogP contribution in [0, 0.1) is 6.92 Å². The molecule has 0 aromatic heterocycles. The van der Waals surface area contributed by atoms with Crippen molar-refractivity contribution in [3.8, 4) is 0 Å². The minimum absolute atomic E-state index is 0.294. The molecule has 5 nitrogen and oxygen atoms in total. The Kier molecular flexibility index (Phi) is 3.39. The van der Waals surface area contributed by atoms with E-state index < -0.39 is 0 Å². The minimum Gasteiger partial charge on any atom is -0.338 e. The van der Waals surface area contributed by atoms with Gasteiger partial charge in [0.1, 0.15) is 5.84 Å². The van der Waals surface area contributed by atoms with E-state index in [1.165, 1.54) is 6.08 Å². The second-order valence-electron chi connectivity index (χ2n) is 2.95. The minimum atomic E-state index is -0.388. The topological polar surface area (TPSA) is 70.6 Å². The zero-order valence-corrected chi connectivity index (χ0v) is 7.96. The van der Waals surface area contributed by atoms with Crippen molar-refractivity contribution < 1.29 is 9.59 Å². The number of aliphatic imine (C=N–C) groups is 1. The van der Waals surface area contributed by atoms with Gasteiger partial charge in [-0.2, -0.15) is 4.99 Å². The summed E-state index contributed by atoms with van der Waals surface area (Å²) in [5.74, 6) is 0.0413. The number of dihydropyridines is 1. The quantitative estimate of drug-likeness (QED) is 0.634. The van der Waals surface area contributed by atoms with Crippen molar-refractivity contribution in [2.24, 2.45) is 4.99 Å². The fourth-order valence-electron chi connectivity index (χ4n) is 1.09. The third-order valence-electron chi connectivity index (χ3n) is 1.60. The van der Waals surface area contributed by atoms with Gasteiger partial charge in [-0.05, 0) is 13.8 Å². The van der Waals surface area contributed by atoms with E-state index in [-0.39, 0.29) is 11.9 Å². The van der Waals surface area contributed by atoms with Crippen LogP contribution in [-0.4, -0.2) is 24.3 Å². The summed E-state index contributed by atoms with van der Waals surface area (Å²) in [4.78, 5) is 25.7. The fourth-order valence-corrected chi connectivity index (χ4v) is 1.09. The second-order valence-corrected chi connectivity index (χ2v) is 2.95. The monoisotopic (exact) mass is 194 g/mol. The number of amidine groups is 1. The smallest absolute Gasteiger partial charge is 0.320 e. The summed E-state index contributed by atoms with van der Waals surface area (Å²) in [5.41, 5.74) is 0.884. The number of nitrogens with zero attached hydrogens (tertiary/aromatic N) is 1. The van der Waals surface area contributed by atoms with Crippen LogP contribution in [-0.2, 0) is 4.79 Å². The molecule has 5 heteroatoms. The van der Waals surface area contributed by atoms with E-state index in [9.17, 15) is 9.59 Å². The maximum atomic E-state index is 11.1. The van der Waals surface area contributed by atoms with Crippen LogP contribution in [0.1, 0.15) is 13.3 Å². The van der Waals surface area contributed by atoms with Crippen LogP contribution in [0.5, 0.6) is 0 Å². The third-order valence-corrected chi connectivity index (χ3v) is 1.60. The Hall–Kier alpha value is -1.65. The van der Waals surface area contributed by atoms with E-state index in [2.05, 4.69) is 22.5 Å². The maximum absolute atomic E-state index is 11.1. The maximum Gasteiger partial charge on any atom is 0.320 e. The molecule has 14 heavy (non-hydrogen) atoms. The first-order valence-corrected chi connectivity index (χ1v) is 4.24. The summed E-state index contributed by atoms with van der Waals surface area (Å²) >= 11 is 0. The van der Waals surface area contributed by atoms with Gasteiger partial charge in [-0.25, -0.2) is 4.79 Å². The van der Waals surface area contributed by atoms with Crippen molar-refractivity contribution in [2.45, 2.75) is 13.3 Å². The highest BCUT2D eigenvalue weighted by Crippen LogP contribution is 2.06. The van der Waals surface area contributed by atoms with Gasteiger partial charge in [0.2, 0.25) is 0 Å². The van der Waals surface area contributed by atoms with E-state index >= 15 is 0 Å². The Bertz CT molecular complexity index is 318. The molecule has 0 aromatic carbocycles. The highest BCUT2D eigenvalue weighted by atomic mass is 16.2. The van der Waals surface area contributed by atoms with Gasteiger partial charge in [-0.3, -0.25) is 10.1 Å². The molecule has 0 atom stereocenters. The number of carbonyl (C=O) groups is 2. The van der Waals surface area contributed by atoms with Crippen molar-refractivity contribution in [2.75, 3.05) is 6.54 Å². The lowest BCUT2D eigenvalue weighted by molar-refractivity contribution is -0.113. The van der Waals surface area contributed by atoms with E-state index in [1.54, 1.807) is 0 Å². The van der Waals surface area contributed by atoms with E-state index in [1.807, 2.05) is 6.92 Å².